The minimum Gasteiger partial charge on any atom is -0.477 e. The highest BCUT2D eigenvalue weighted by Crippen LogP contribution is 2.23. The summed E-state index contributed by atoms with van der Waals surface area (Å²) in [5.74, 6) is -0.609. The van der Waals surface area contributed by atoms with Crippen LogP contribution in [0, 0.1) is 10.1 Å². The van der Waals surface area contributed by atoms with E-state index in [4.69, 9.17) is 4.42 Å². The van der Waals surface area contributed by atoms with Crippen LogP contribution < -0.4 is 5.32 Å². The first-order chi connectivity index (χ1) is 10.0. The first kappa shape index (κ1) is 14.7. The van der Waals surface area contributed by atoms with E-state index >= 15 is 0 Å². The molecule has 2 aromatic rings. The molecule has 1 aromatic carbocycles. The first-order valence-electron chi connectivity index (χ1n) is 6.27. The van der Waals surface area contributed by atoms with E-state index in [0.29, 0.717) is 11.3 Å². The molecule has 2 rings (SSSR count). The lowest BCUT2D eigenvalue weighted by molar-refractivity contribution is -0.385. The third-order valence-electron chi connectivity index (χ3n) is 3.11. The molecule has 1 heterocycles. The molecule has 0 radical (unpaired) electrons. The molecule has 0 saturated carbocycles. The van der Waals surface area contributed by atoms with Gasteiger partial charge in [-0.2, -0.15) is 0 Å². The molecule has 0 fully saturated rings. The molecule has 0 amide bonds. The third-order valence-corrected chi connectivity index (χ3v) is 3.11. The minimum atomic E-state index is -1.32. The Balaban J connectivity index is 2.22. The highest BCUT2D eigenvalue weighted by Gasteiger charge is 2.23. The fourth-order valence-corrected chi connectivity index (χ4v) is 2.03. The van der Waals surface area contributed by atoms with Gasteiger partial charge in [-0.25, -0.2) is 4.79 Å². The number of hydrogen-bond acceptors (Lipinski definition) is 5. The van der Waals surface area contributed by atoms with Crippen molar-refractivity contribution in [3.8, 4) is 0 Å². The van der Waals surface area contributed by atoms with Crippen LogP contribution in [0.15, 0.2) is 41.0 Å². The van der Waals surface area contributed by atoms with Gasteiger partial charge < -0.3 is 14.8 Å². The summed E-state index contributed by atoms with van der Waals surface area (Å²) in [5.41, 5.74) is -0.343. The van der Waals surface area contributed by atoms with Gasteiger partial charge in [-0.05, 0) is 24.6 Å². The summed E-state index contributed by atoms with van der Waals surface area (Å²) < 4.78 is 5.24. The van der Waals surface area contributed by atoms with Crippen LogP contribution in [0.4, 0.5) is 5.69 Å². The standard InChI is InChI=1S/C14H14N2O5/c1-9(12-6-3-7-21-12)15-8-10-4-2-5-11(16(19)20)13(10)14(17)18/h2-7,9,15H,8H2,1H3,(H,17,18)/t9-/m1/s1. The van der Waals surface area contributed by atoms with Gasteiger partial charge in [0, 0.05) is 12.6 Å². The molecule has 7 heteroatoms. The van der Waals surface area contributed by atoms with Crippen molar-refractivity contribution in [3.63, 3.8) is 0 Å². The average molecular weight is 290 g/mol. The van der Waals surface area contributed by atoms with Crippen molar-refractivity contribution in [2.24, 2.45) is 0 Å². The highest BCUT2D eigenvalue weighted by atomic mass is 16.6. The Morgan fingerprint density at radius 3 is 2.76 bits per heavy atom. The van der Waals surface area contributed by atoms with E-state index < -0.39 is 16.6 Å². The van der Waals surface area contributed by atoms with E-state index in [1.54, 1.807) is 24.5 Å². The van der Waals surface area contributed by atoms with Gasteiger partial charge in [-0.15, -0.1) is 0 Å². The molecular formula is C14H14N2O5. The van der Waals surface area contributed by atoms with Gasteiger partial charge in [0.15, 0.2) is 0 Å². The van der Waals surface area contributed by atoms with Crippen LogP contribution in [0.2, 0.25) is 0 Å². The largest absolute Gasteiger partial charge is 0.477 e. The van der Waals surface area contributed by atoms with Crippen molar-refractivity contribution < 1.29 is 19.2 Å². The zero-order valence-corrected chi connectivity index (χ0v) is 11.3. The number of furan rings is 1. The topological polar surface area (TPSA) is 106 Å². The van der Waals surface area contributed by atoms with Crippen molar-refractivity contribution in [1.82, 2.24) is 5.32 Å². The van der Waals surface area contributed by atoms with Gasteiger partial charge in [-0.1, -0.05) is 12.1 Å². The van der Waals surface area contributed by atoms with E-state index in [1.807, 2.05) is 6.92 Å². The number of carbonyl (C=O) groups is 1. The number of nitro groups is 1. The van der Waals surface area contributed by atoms with E-state index in [9.17, 15) is 20.0 Å². The Morgan fingerprint density at radius 2 is 2.19 bits per heavy atom. The number of hydrogen-bond donors (Lipinski definition) is 2. The fourth-order valence-electron chi connectivity index (χ4n) is 2.03. The molecule has 21 heavy (non-hydrogen) atoms. The molecule has 0 aliphatic rings. The maximum atomic E-state index is 11.3. The van der Waals surface area contributed by atoms with Crippen LogP contribution in [-0.2, 0) is 6.54 Å². The Kier molecular flexibility index (Phi) is 4.34. The Hall–Kier alpha value is -2.67. The number of aromatic carboxylic acids is 1. The minimum absolute atomic E-state index is 0.138. The molecule has 0 saturated heterocycles. The second-order valence-electron chi connectivity index (χ2n) is 4.49. The predicted molar refractivity (Wildman–Crippen MR) is 74.0 cm³/mol. The number of benzene rings is 1. The van der Waals surface area contributed by atoms with Crippen molar-refractivity contribution in [1.29, 1.82) is 0 Å². The van der Waals surface area contributed by atoms with Gasteiger partial charge >= 0.3 is 5.97 Å². The van der Waals surface area contributed by atoms with E-state index in [0.717, 1.165) is 0 Å². The van der Waals surface area contributed by atoms with Gasteiger partial charge in [0.25, 0.3) is 5.69 Å². The monoisotopic (exact) mass is 290 g/mol. The Morgan fingerprint density at radius 1 is 1.43 bits per heavy atom. The average Bonchev–Trinajstić information content (AvgIpc) is 2.98. The van der Waals surface area contributed by atoms with Crippen LogP contribution >= 0.6 is 0 Å². The Bertz CT molecular complexity index is 651. The second-order valence-corrected chi connectivity index (χ2v) is 4.49. The summed E-state index contributed by atoms with van der Waals surface area (Å²) in [6.45, 7) is 2.04. The zero-order chi connectivity index (χ0) is 15.4. The van der Waals surface area contributed by atoms with Crippen molar-refractivity contribution in [2.45, 2.75) is 19.5 Å². The second kappa shape index (κ2) is 6.19. The van der Waals surface area contributed by atoms with Crippen LogP contribution in [-0.4, -0.2) is 16.0 Å². The molecule has 1 aromatic heterocycles. The molecule has 110 valence electrons. The van der Waals surface area contributed by atoms with Crippen molar-refractivity contribution >= 4 is 11.7 Å². The van der Waals surface area contributed by atoms with Crippen molar-refractivity contribution in [3.05, 3.63) is 63.6 Å². The molecule has 0 bridgehead atoms. The molecule has 2 N–H and O–H groups in total. The third kappa shape index (κ3) is 3.26. The van der Waals surface area contributed by atoms with Gasteiger partial charge in [0.2, 0.25) is 0 Å². The first-order valence-corrected chi connectivity index (χ1v) is 6.27. The van der Waals surface area contributed by atoms with Crippen LogP contribution in [0.1, 0.15) is 34.6 Å². The number of nitro benzene ring substituents is 1. The molecule has 0 aliphatic carbocycles. The smallest absolute Gasteiger partial charge is 0.343 e. The number of carboxylic acid groups (broad SMARTS) is 1. The maximum Gasteiger partial charge on any atom is 0.343 e. The lowest BCUT2D eigenvalue weighted by Crippen LogP contribution is -2.20. The number of nitrogens with zero attached hydrogens (tertiary/aromatic N) is 1. The zero-order valence-electron chi connectivity index (χ0n) is 11.3. The summed E-state index contributed by atoms with van der Waals surface area (Å²) >= 11 is 0. The summed E-state index contributed by atoms with van der Waals surface area (Å²) in [6, 6.07) is 7.62. The lowest BCUT2D eigenvalue weighted by Gasteiger charge is -2.12. The quantitative estimate of drug-likeness (QED) is 0.626. The molecule has 0 aliphatic heterocycles. The summed E-state index contributed by atoms with van der Waals surface area (Å²) in [7, 11) is 0. The van der Waals surface area contributed by atoms with Gasteiger partial charge in [0.05, 0.1) is 17.2 Å². The number of rotatable bonds is 6. The van der Waals surface area contributed by atoms with E-state index in [1.165, 1.54) is 12.1 Å². The lowest BCUT2D eigenvalue weighted by atomic mass is 10.0. The normalized spacial score (nSPS) is 12.0. The summed E-state index contributed by atoms with van der Waals surface area (Å²) in [6.07, 6.45) is 1.55. The van der Waals surface area contributed by atoms with E-state index in [2.05, 4.69) is 5.32 Å². The molecule has 0 spiro atoms. The number of nitrogens with one attached hydrogen (secondary N) is 1. The summed E-state index contributed by atoms with van der Waals surface area (Å²) in [5, 5.41) is 23.2. The SMILES string of the molecule is C[C@@H](NCc1cccc([N+](=O)[O-])c1C(=O)O)c1ccco1. The van der Waals surface area contributed by atoms with Crippen molar-refractivity contribution in [2.75, 3.05) is 0 Å². The van der Waals surface area contributed by atoms with Crippen LogP contribution in [0.5, 0.6) is 0 Å². The fraction of sp³-hybridized carbons (Fsp3) is 0.214. The Labute approximate surface area is 120 Å². The molecule has 0 unspecified atom stereocenters. The molecular weight excluding hydrogens is 276 g/mol. The van der Waals surface area contributed by atoms with Gasteiger partial charge in [-0.3, -0.25) is 10.1 Å². The molecule has 1 atom stereocenters. The van der Waals surface area contributed by atoms with E-state index in [-0.39, 0.29) is 18.2 Å². The maximum absolute atomic E-state index is 11.3. The predicted octanol–water partition coefficient (Wildman–Crippen LogP) is 2.74. The molecule has 7 nitrogen and oxygen atoms in total. The van der Waals surface area contributed by atoms with Gasteiger partial charge in [0.1, 0.15) is 11.3 Å². The van der Waals surface area contributed by atoms with Crippen LogP contribution in [0.25, 0.3) is 0 Å². The number of carboxylic acids is 1. The summed E-state index contributed by atoms with van der Waals surface area (Å²) in [4.78, 5) is 21.5. The highest BCUT2D eigenvalue weighted by molar-refractivity contribution is 5.94. The van der Waals surface area contributed by atoms with Crippen LogP contribution in [0.3, 0.4) is 0 Å².